The monoisotopic (exact) mass is 340 g/mol. The molecule has 1 aliphatic heterocycles. The summed E-state index contributed by atoms with van der Waals surface area (Å²) in [6.45, 7) is 1.18. The minimum Gasteiger partial charge on any atom is -0.342 e. The zero-order valence-corrected chi connectivity index (χ0v) is 14.0. The lowest BCUT2D eigenvalue weighted by Gasteiger charge is -2.31. The highest BCUT2D eigenvalue weighted by Crippen LogP contribution is 2.20. The lowest BCUT2D eigenvalue weighted by atomic mass is 9.95. The second-order valence-electron chi connectivity index (χ2n) is 6.31. The highest BCUT2D eigenvalue weighted by atomic mass is 19.1. The number of anilines is 1. The Kier molecular flexibility index (Phi) is 5.43. The van der Waals surface area contributed by atoms with Crippen LogP contribution in [0.2, 0.25) is 0 Å². The molecule has 2 aromatic carbocycles. The van der Waals surface area contributed by atoms with Gasteiger partial charge in [0.2, 0.25) is 11.8 Å². The molecule has 0 radical (unpaired) electrons. The molecule has 1 N–H and O–H groups in total. The van der Waals surface area contributed by atoms with Crippen molar-refractivity contribution in [2.45, 2.75) is 19.3 Å². The van der Waals surface area contributed by atoms with Crippen molar-refractivity contribution in [2.75, 3.05) is 18.4 Å². The summed E-state index contributed by atoms with van der Waals surface area (Å²) >= 11 is 0. The maximum absolute atomic E-state index is 12.9. The molecule has 3 rings (SSSR count). The van der Waals surface area contributed by atoms with Crippen LogP contribution in [0.4, 0.5) is 10.1 Å². The first-order valence-corrected chi connectivity index (χ1v) is 8.50. The summed E-state index contributed by atoms with van der Waals surface area (Å²) in [5.41, 5.74) is 1.60. The van der Waals surface area contributed by atoms with Crippen LogP contribution in [0.3, 0.4) is 0 Å². The number of carbonyl (C=O) groups excluding carboxylic acids is 2. The molecule has 1 aliphatic rings. The Morgan fingerprint density at radius 1 is 1.00 bits per heavy atom. The van der Waals surface area contributed by atoms with E-state index in [1.54, 1.807) is 12.1 Å². The molecule has 1 heterocycles. The predicted octanol–water partition coefficient (Wildman–Crippen LogP) is 3.25. The second-order valence-corrected chi connectivity index (χ2v) is 6.31. The minimum absolute atomic E-state index is 0.0678. The van der Waals surface area contributed by atoms with Gasteiger partial charge in [-0.15, -0.1) is 0 Å². The quantitative estimate of drug-likeness (QED) is 0.929. The van der Waals surface area contributed by atoms with E-state index in [-0.39, 0.29) is 23.5 Å². The SMILES string of the molecule is O=C(Nc1ccc(F)cc1)C1CCN(C(=O)Cc2ccccc2)CC1. The van der Waals surface area contributed by atoms with Crippen molar-refractivity contribution in [1.82, 2.24) is 4.90 Å². The summed E-state index contributed by atoms with van der Waals surface area (Å²) in [7, 11) is 0. The zero-order valence-electron chi connectivity index (χ0n) is 14.0. The molecule has 1 saturated heterocycles. The number of rotatable bonds is 4. The Hall–Kier alpha value is -2.69. The second kappa shape index (κ2) is 7.92. The highest BCUT2D eigenvalue weighted by Gasteiger charge is 2.27. The molecule has 0 bridgehead atoms. The van der Waals surface area contributed by atoms with E-state index < -0.39 is 0 Å². The third-order valence-electron chi connectivity index (χ3n) is 4.53. The highest BCUT2D eigenvalue weighted by molar-refractivity contribution is 5.92. The van der Waals surface area contributed by atoms with E-state index in [0.29, 0.717) is 38.0 Å². The number of hydrogen-bond donors (Lipinski definition) is 1. The van der Waals surface area contributed by atoms with Gasteiger partial charge in [-0.3, -0.25) is 9.59 Å². The molecule has 1 fully saturated rings. The molecule has 2 amide bonds. The molecule has 2 aromatic rings. The molecule has 25 heavy (non-hydrogen) atoms. The van der Waals surface area contributed by atoms with Crippen LogP contribution in [0.1, 0.15) is 18.4 Å². The van der Waals surface area contributed by atoms with Crippen LogP contribution in [0, 0.1) is 11.7 Å². The molecule has 0 unspecified atom stereocenters. The normalized spacial score (nSPS) is 15.0. The number of nitrogens with zero attached hydrogens (tertiary/aromatic N) is 1. The van der Waals surface area contributed by atoms with Gasteiger partial charge in [-0.25, -0.2) is 4.39 Å². The summed E-state index contributed by atoms with van der Waals surface area (Å²) in [6.07, 6.45) is 1.69. The van der Waals surface area contributed by atoms with E-state index >= 15 is 0 Å². The molecule has 0 atom stereocenters. The first-order chi connectivity index (χ1) is 12.1. The zero-order chi connectivity index (χ0) is 17.6. The van der Waals surface area contributed by atoms with Gasteiger partial charge in [0.15, 0.2) is 0 Å². The Morgan fingerprint density at radius 2 is 1.64 bits per heavy atom. The Labute approximate surface area is 146 Å². The number of hydrogen-bond acceptors (Lipinski definition) is 2. The molecular weight excluding hydrogens is 319 g/mol. The van der Waals surface area contributed by atoms with Crippen LogP contribution in [0.5, 0.6) is 0 Å². The fourth-order valence-electron chi connectivity index (χ4n) is 3.05. The standard InChI is InChI=1S/C20H21FN2O2/c21-17-6-8-18(9-7-17)22-20(25)16-10-12-23(13-11-16)19(24)14-15-4-2-1-3-5-15/h1-9,16H,10-14H2,(H,22,25). The van der Waals surface area contributed by atoms with E-state index in [9.17, 15) is 14.0 Å². The summed E-state index contributed by atoms with van der Waals surface area (Å²) < 4.78 is 12.9. The smallest absolute Gasteiger partial charge is 0.227 e. The predicted molar refractivity (Wildman–Crippen MR) is 94.5 cm³/mol. The molecular formula is C20H21FN2O2. The lowest BCUT2D eigenvalue weighted by Crippen LogP contribution is -2.42. The number of likely N-dealkylation sites (tertiary alicyclic amines) is 1. The van der Waals surface area contributed by atoms with E-state index in [1.807, 2.05) is 35.2 Å². The number of benzene rings is 2. The Morgan fingerprint density at radius 3 is 2.28 bits per heavy atom. The van der Waals surface area contributed by atoms with Gasteiger partial charge >= 0.3 is 0 Å². The number of amides is 2. The van der Waals surface area contributed by atoms with Crippen LogP contribution in [-0.4, -0.2) is 29.8 Å². The molecule has 0 aliphatic carbocycles. The number of carbonyl (C=O) groups is 2. The first kappa shape index (κ1) is 17.1. The lowest BCUT2D eigenvalue weighted by molar-refractivity contribution is -0.133. The molecule has 0 aromatic heterocycles. The van der Waals surface area contributed by atoms with Crippen LogP contribution in [-0.2, 0) is 16.0 Å². The van der Waals surface area contributed by atoms with Gasteiger partial charge in [-0.05, 0) is 42.7 Å². The number of piperidine rings is 1. The number of halogens is 1. The molecule has 0 saturated carbocycles. The van der Waals surface area contributed by atoms with Gasteiger partial charge < -0.3 is 10.2 Å². The van der Waals surface area contributed by atoms with Crippen molar-refractivity contribution in [2.24, 2.45) is 5.92 Å². The average molecular weight is 340 g/mol. The summed E-state index contributed by atoms with van der Waals surface area (Å²) in [5, 5.41) is 2.81. The van der Waals surface area contributed by atoms with Crippen LogP contribution in [0.25, 0.3) is 0 Å². The topological polar surface area (TPSA) is 49.4 Å². The van der Waals surface area contributed by atoms with Gasteiger partial charge in [0.1, 0.15) is 5.82 Å². The molecule has 130 valence electrons. The molecule has 0 spiro atoms. The first-order valence-electron chi connectivity index (χ1n) is 8.50. The summed E-state index contributed by atoms with van der Waals surface area (Å²) in [6, 6.07) is 15.4. The summed E-state index contributed by atoms with van der Waals surface area (Å²) in [5.74, 6) is -0.417. The van der Waals surface area contributed by atoms with Crippen molar-refractivity contribution in [3.05, 3.63) is 66.0 Å². The van der Waals surface area contributed by atoms with Crippen LogP contribution >= 0.6 is 0 Å². The van der Waals surface area contributed by atoms with E-state index in [1.165, 1.54) is 12.1 Å². The van der Waals surface area contributed by atoms with Crippen molar-refractivity contribution in [1.29, 1.82) is 0 Å². The van der Waals surface area contributed by atoms with Crippen molar-refractivity contribution < 1.29 is 14.0 Å². The van der Waals surface area contributed by atoms with E-state index in [4.69, 9.17) is 0 Å². The van der Waals surface area contributed by atoms with Crippen molar-refractivity contribution in [3.63, 3.8) is 0 Å². The fraction of sp³-hybridized carbons (Fsp3) is 0.300. The summed E-state index contributed by atoms with van der Waals surface area (Å²) in [4.78, 5) is 26.5. The van der Waals surface area contributed by atoms with Crippen LogP contribution in [0.15, 0.2) is 54.6 Å². The van der Waals surface area contributed by atoms with Gasteiger partial charge in [-0.2, -0.15) is 0 Å². The average Bonchev–Trinajstić information content (AvgIpc) is 2.64. The third-order valence-corrected chi connectivity index (χ3v) is 4.53. The maximum Gasteiger partial charge on any atom is 0.227 e. The molecule has 4 nitrogen and oxygen atoms in total. The minimum atomic E-state index is -0.330. The fourth-order valence-corrected chi connectivity index (χ4v) is 3.05. The van der Waals surface area contributed by atoms with Crippen LogP contribution < -0.4 is 5.32 Å². The van der Waals surface area contributed by atoms with Gasteiger partial charge in [0.05, 0.1) is 6.42 Å². The molecule has 5 heteroatoms. The third kappa shape index (κ3) is 4.66. The van der Waals surface area contributed by atoms with Gasteiger partial charge in [-0.1, -0.05) is 30.3 Å². The van der Waals surface area contributed by atoms with E-state index in [2.05, 4.69) is 5.32 Å². The van der Waals surface area contributed by atoms with Gasteiger partial charge in [0, 0.05) is 24.7 Å². The number of nitrogens with one attached hydrogen (secondary N) is 1. The Bertz CT molecular complexity index is 723. The van der Waals surface area contributed by atoms with Gasteiger partial charge in [0.25, 0.3) is 0 Å². The Balaban J connectivity index is 1.48. The van der Waals surface area contributed by atoms with Crippen molar-refractivity contribution in [3.8, 4) is 0 Å². The largest absolute Gasteiger partial charge is 0.342 e. The van der Waals surface area contributed by atoms with E-state index in [0.717, 1.165) is 5.56 Å². The van der Waals surface area contributed by atoms with Crippen molar-refractivity contribution >= 4 is 17.5 Å². The maximum atomic E-state index is 12.9.